The van der Waals surface area contributed by atoms with Crippen molar-refractivity contribution in [3.63, 3.8) is 0 Å². The lowest BCUT2D eigenvalue weighted by atomic mass is 10.1. The molecule has 0 aromatic heterocycles. The Morgan fingerprint density at radius 3 is 3.27 bits per heavy atom. The average molecular weight is 169 g/mol. The van der Waals surface area contributed by atoms with Gasteiger partial charge in [0.25, 0.3) is 0 Å². The lowest BCUT2D eigenvalue weighted by Crippen LogP contribution is -2.30. The zero-order chi connectivity index (χ0) is 7.84. The van der Waals surface area contributed by atoms with E-state index in [1.807, 2.05) is 19.1 Å². The third-order valence-corrected chi connectivity index (χ3v) is 2.12. The van der Waals surface area contributed by atoms with Crippen LogP contribution in [0.1, 0.15) is 6.92 Å². The molecule has 0 aliphatic carbocycles. The lowest BCUT2D eigenvalue weighted by Gasteiger charge is -2.15. The summed E-state index contributed by atoms with van der Waals surface area (Å²) in [5, 5.41) is 3.88. The number of aliphatic imine (C=N–C) groups is 1. The summed E-state index contributed by atoms with van der Waals surface area (Å²) < 4.78 is 0. The maximum absolute atomic E-state index is 5.74. The van der Waals surface area contributed by atoms with E-state index in [1.165, 1.54) is 5.70 Å². The molecule has 0 bridgehead atoms. The predicted molar refractivity (Wildman–Crippen MR) is 46.9 cm³/mol. The summed E-state index contributed by atoms with van der Waals surface area (Å²) in [6.45, 7) is 2.04. The average Bonchev–Trinajstić information content (AvgIpc) is 2.27. The minimum absolute atomic E-state index is 0.215. The molecule has 2 unspecified atom stereocenters. The van der Waals surface area contributed by atoms with Gasteiger partial charge in [-0.1, -0.05) is 17.7 Å². The highest BCUT2D eigenvalue weighted by atomic mass is 35.5. The van der Waals surface area contributed by atoms with Crippen molar-refractivity contribution in [2.75, 3.05) is 0 Å². The van der Waals surface area contributed by atoms with Gasteiger partial charge in [-0.2, -0.15) is 0 Å². The Morgan fingerprint density at radius 1 is 1.64 bits per heavy atom. The first-order valence-electron chi connectivity index (χ1n) is 3.62. The van der Waals surface area contributed by atoms with E-state index in [9.17, 15) is 0 Å². The summed E-state index contributed by atoms with van der Waals surface area (Å²) in [6, 6.07) is 0.546. The number of nitrogens with one attached hydrogen (secondary N) is 1. The number of dihydropyridines is 1. The molecule has 2 aliphatic rings. The van der Waals surface area contributed by atoms with E-state index < -0.39 is 0 Å². The molecule has 58 valence electrons. The monoisotopic (exact) mass is 168 g/mol. The molecule has 11 heavy (non-hydrogen) atoms. The smallest absolute Gasteiger partial charge is 0.124 e. The van der Waals surface area contributed by atoms with Gasteiger partial charge in [0.15, 0.2) is 0 Å². The normalized spacial score (nSPS) is 34.0. The first-order valence-corrected chi connectivity index (χ1v) is 4.00. The molecule has 0 fully saturated rings. The van der Waals surface area contributed by atoms with E-state index in [0.717, 1.165) is 0 Å². The number of hydrogen-bond acceptors (Lipinski definition) is 2. The molecule has 2 atom stereocenters. The molecule has 1 N–H and O–H groups in total. The summed E-state index contributed by atoms with van der Waals surface area (Å²) in [5.74, 6) is 0. The number of allylic oxidation sites excluding steroid dienone is 2. The third kappa shape index (κ3) is 1.18. The number of fused-ring (bicyclic) bond motifs is 1. The van der Waals surface area contributed by atoms with Crippen LogP contribution < -0.4 is 5.32 Å². The SMILES string of the molecule is CC1=CC2N=C(Cl)C=CC2N1. The molecule has 0 aromatic carbocycles. The van der Waals surface area contributed by atoms with Crippen molar-refractivity contribution in [1.29, 1.82) is 0 Å². The van der Waals surface area contributed by atoms with Gasteiger partial charge in [-0.3, -0.25) is 4.99 Å². The van der Waals surface area contributed by atoms with Gasteiger partial charge in [0, 0.05) is 5.70 Å². The standard InChI is InChI=1S/C8H9ClN2/c1-5-4-7-6(10-5)2-3-8(9)11-7/h2-4,6-7,10H,1H3. The second kappa shape index (κ2) is 2.38. The van der Waals surface area contributed by atoms with Crippen LogP contribution in [0.3, 0.4) is 0 Å². The Labute approximate surface area is 70.7 Å². The maximum atomic E-state index is 5.74. The summed E-state index contributed by atoms with van der Waals surface area (Å²) in [5.41, 5.74) is 1.18. The summed E-state index contributed by atoms with van der Waals surface area (Å²) >= 11 is 5.74. The van der Waals surface area contributed by atoms with E-state index in [0.29, 0.717) is 11.2 Å². The third-order valence-electron chi connectivity index (χ3n) is 1.90. The highest BCUT2D eigenvalue weighted by molar-refractivity contribution is 6.68. The minimum Gasteiger partial charge on any atom is -0.380 e. The highest BCUT2D eigenvalue weighted by Crippen LogP contribution is 2.18. The zero-order valence-corrected chi connectivity index (χ0v) is 6.97. The molecule has 3 heteroatoms. The Balaban J connectivity index is 2.26. The second-order valence-corrected chi connectivity index (χ2v) is 3.21. The summed E-state index contributed by atoms with van der Waals surface area (Å²) in [6.07, 6.45) is 5.98. The fourth-order valence-electron chi connectivity index (χ4n) is 1.40. The van der Waals surface area contributed by atoms with Crippen molar-refractivity contribution in [3.8, 4) is 0 Å². The van der Waals surface area contributed by atoms with Gasteiger partial charge in [0.05, 0.1) is 12.1 Å². The number of nitrogens with zero attached hydrogens (tertiary/aromatic N) is 1. The van der Waals surface area contributed by atoms with Crippen LogP contribution in [0.15, 0.2) is 28.9 Å². The fraction of sp³-hybridized carbons (Fsp3) is 0.375. The first-order chi connectivity index (χ1) is 5.25. The molecular formula is C8H9ClN2. The molecule has 2 nitrogen and oxygen atoms in total. The van der Waals surface area contributed by atoms with Crippen LogP contribution >= 0.6 is 11.6 Å². The van der Waals surface area contributed by atoms with Crippen molar-refractivity contribution in [2.45, 2.75) is 19.0 Å². The summed E-state index contributed by atoms with van der Waals surface area (Å²) in [4.78, 5) is 4.25. The quantitative estimate of drug-likeness (QED) is 0.582. The van der Waals surface area contributed by atoms with Crippen molar-refractivity contribution in [2.24, 2.45) is 4.99 Å². The van der Waals surface area contributed by atoms with E-state index in [2.05, 4.69) is 16.4 Å². The van der Waals surface area contributed by atoms with Crippen LogP contribution in [0.5, 0.6) is 0 Å². The van der Waals surface area contributed by atoms with Crippen molar-refractivity contribution in [1.82, 2.24) is 5.32 Å². The molecule has 0 amide bonds. The Hall–Kier alpha value is -0.760. The molecule has 0 spiro atoms. The van der Waals surface area contributed by atoms with Crippen LogP contribution in [0.2, 0.25) is 0 Å². The number of halogens is 1. The van der Waals surface area contributed by atoms with Crippen LogP contribution in [0.25, 0.3) is 0 Å². The Morgan fingerprint density at radius 2 is 2.45 bits per heavy atom. The molecule has 0 saturated carbocycles. The molecule has 0 saturated heterocycles. The van der Waals surface area contributed by atoms with Gasteiger partial charge in [0.1, 0.15) is 5.17 Å². The van der Waals surface area contributed by atoms with Crippen molar-refractivity contribution >= 4 is 16.8 Å². The predicted octanol–water partition coefficient (Wildman–Crippen LogP) is 1.44. The largest absolute Gasteiger partial charge is 0.380 e. The minimum atomic E-state index is 0.215. The van der Waals surface area contributed by atoms with Crippen LogP contribution in [0, 0.1) is 0 Å². The molecule has 2 aliphatic heterocycles. The number of rotatable bonds is 0. The van der Waals surface area contributed by atoms with Gasteiger partial charge in [-0.05, 0) is 19.1 Å². The second-order valence-electron chi connectivity index (χ2n) is 2.82. The molecule has 2 heterocycles. The fourth-order valence-corrected chi connectivity index (χ4v) is 1.59. The van der Waals surface area contributed by atoms with Crippen LogP contribution in [-0.4, -0.2) is 17.3 Å². The summed E-state index contributed by atoms with van der Waals surface area (Å²) in [7, 11) is 0. The van der Waals surface area contributed by atoms with Gasteiger partial charge < -0.3 is 5.32 Å². The van der Waals surface area contributed by atoms with Gasteiger partial charge in [-0.25, -0.2) is 0 Å². The number of hydrogen-bond donors (Lipinski definition) is 1. The zero-order valence-electron chi connectivity index (χ0n) is 6.21. The van der Waals surface area contributed by atoms with Gasteiger partial charge in [-0.15, -0.1) is 0 Å². The van der Waals surface area contributed by atoms with E-state index in [-0.39, 0.29) is 6.04 Å². The Bertz CT molecular complexity index is 265. The van der Waals surface area contributed by atoms with Gasteiger partial charge >= 0.3 is 0 Å². The molecule has 2 rings (SSSR count). The molecule has 0 radical (unpaired) electrons. The first kappa shape index (κ1) is 6.92. The van der Waals surface area contributed by atoms with E-state index in [1.54, 1.807) is 0 Å². The van der Waals surface area contributed by atoms with Gasteiger partial charge in [0.2, 0.25) is 0 Å². The Kier molecular flexibility index (Phi) is 1.50. The van der Waals surface area contributed by atoms with Crippen molar-refractivity contribution < 1.29 is 0 Å². The molecular weight excluding hydrogens is 160 g/mol. The van der Waals surface area contributed by atoms with Crippen LogP contribution in [0.4, 0.5) is 0 Å². The lowest BCUT2D eigenvalue weighted by molar-refractivity contribution is 0.654. The van der Waals surface area contributed by atoms with E-state index in [4.69, 9.17) is 11.6 Å². The van der Waals surface area contributed by atoms with E-state index >= 15 is 0 Å². The highest BCUT2D eigenvalue weighted by Gasteiger charge is 2.24. The topological polar surface area (TPSA) is 24.4 Å². The molecule has 0 aromatic rings. The van der Waals surface area contributed by atoms with Crippen molar-refractivity contribution in [3.05, 3.63) is 23.9 Å². The van der Waals surface area contributed by atoms with Crippen LogP contribution in [-0.2, 0) is 0 Å². The maximum Gasteiger partial charge on any atom is 0.124 e.